The molecule has 1 aliphatic heterocycles. The van der Waals surface area contributed by atoms with Crippen molar-refractivity contribution in [1.82, 2.24) is 4.31 Å². The van der Waals surface area contributed by atoms with Crippen LogP contribution < -0.4 is 0 Å². The second-order valence-corrected chi connectivity index (χ2v) is 8.85. The first-order chi connectivity index (χ1) is 8.94. The van der Waals surface area contributed by atoms with Crippen molar-refractivity contribution in [2.24, 2.45) is 11.8 Å². The summed E-state index contributed by atoms with van der Waals surface area (Å²) in [6, 6.07) is 0. The highest BCUT2D eigenvalue weighted by atomic mass is 32.2. The molecule has 1 heterocycles. The average Bonchev–Trinajstić information content (AvgIpc) is 2.73. The van der Waals surface area contributed by atoms with Crippen LogP contribution in [-0.2, 0) is 25.3 Å². The molecule has 2 fully saturated rings. The van der Waals surface area contributed by atoms with Gasteiger partial charge in [0.1, 0.15) is 0 Å². The largest absolute Gasteiger partial charge is 0.412 e. The van der Waals surface area contributed by atoms with Crippen LogP contribution in [0.25, 0.3) is 0 Å². The molecule has 0 bridgehead atoms. The van der Waals surface area contributed by atoms with Gasteiger partial charge >= 0.3 is 0 Å². The van der Waals surface area contributed by atoms with Gasteiger partial charge in [-0.3, -0.25) is 4.18 Å². The molecule has 1 atom stereocenters. The first-order valence-electron chi connectivity index (χ1n) is 6.92. The Balaban J connectivity index is 0.00000200. The van der Waals surface area contributed by atoms with Crippen molar-refractivity contribution in [3.05, 3.63) is 0 Å². The van der Waals surface area contributed by atoms with E-state index in [0.29, 0.717) is 18.4 Å². The topological polar surface area (TPSA) is 95.2 Å². The Morgan fingerprint density at radius 1 is 1.20 bits per heavy atom. The quantitative estimate of drug-likeness (QED) is 0.679. The van der Waals surface area contributed by atoms with Gasteiger partial charge in [-0.25, -0.2) is 8.51 Å². The molecule has 20 heavy (non-hydrogen) atoms. The molecule has 0 aromatic carbocycles. The fourth-order valence-corrected chi connectivity index (χ4v) is 4.64. The molecule has 0 aromatic heterocycles. The van der Waals surface area contributed by atoms with E-state index in [1.807, 2.05) is 0 Å². The normalized spacial score (nSPS) is 31.9. The Morgan fingerprint density at radius 3 is 2.30 bits per heavy atom. The zero-order valence-corrected chi connectivity index (χ0v) is 13.5. The van der Waals surface area contributed by atoms with Crippen molar-refractivity contribution in [2.45, 2.75) is 32.1 Å². The van der Waals surface area contributed by atoms with Crippen molar-refractivity contribution < 1.29 is 22.3 Å². The first kappa shape index (κ1) is 18.0. The standard InChI is InChI=1S/C12H23NO4S2.H2O/c1-19(15,16)17-10-12-5-3-11(4-6-12)9-13-7-2-8-18(13)14;/h11-12H,2-10H2,1H3;1H2. The van der Waals surface area contributed by atoms with Crippen LogP contribution in [-0.4, -0.2) is 54.1 Å². The van der Waals surface area contributed by atoms with E-state index in [4.69, 9.17) is 4.18 Å². The predicted octanol–water partition coefficient (Wildman–Crippen LogP) is 0.314. The third kappa shape index (κ3) is 5.77. The van der Waals surface area contributed by atoms with Gasteiger partial charge in [0.25, 0.3) is 10.1 Å². The Labute approximate surface area is 123 Å². The van der Waals surface area contributed by atoms with Gasteiger partial charge in [-0.1, -0.05) is 0 Å². The maximum atomic E-state index is 11.7. The lowest BCUT2D eigenvalue weighted by atomic mass is 9.82. The van der Waals surface area contributed by atoms with Crippen LogP contribution in [0.5, 0.6) is 0 Å². The Morgan fingerprint density at radius 2 is 1.80 bits per heavy atom. The van der Waals surface area contributed by atoms with E-state index in [9.17, 15) is 12.6 Å². The molecule has 0 amide bonds. The van der Waals surface area contributed by atoms with E-state index in [1.165, 1.54) is 0 Å². The minimum absolute atomic E-state index is 0. The molecular weight excluding hydrogens is 302 g/mol. The third-order valence-electron chi connectivity index (χ3n) is 3.96. The van der Waals surface area contributed by atoms with Crippen LogP contribution in [0.3, 0.4) is 0 Å². The molecule has 0 spiro atoms. The molecule has 1 saturated carbocycles. The van der Waals surface area contributed by atoms with Crippen molar-refractivity contribution in [3.8, 4) is 0 Å². The van der Waals surface area contributed by atoms with Gasteiger partial charge in [0.2, 0.25) is 0 Å². The van der Waals surface area contributed by atoms with Crippen molar-refractivity contribution in [2.75, 3.05) is 31.7 Å². The molecule has 1 unspecified atom stereocenters. The van der Waals surface area contributed by atoms with E-state index in [1.54, 1.807) is 0 Å². The molecular formula is C12H25NO5S2. The highest BCUT2D eigenvalue weighted by molar-refractivity contribution is 7.86. The minimum atomic E-state index is -3.31. The molecule has 1 aliphatic carbocycles. The summed E-state index contributed by atoms with van der Waals surface area (Å²) in [4.78, 5) is 0. The average molecular weight is 327 g/mol. The molecule has 0 aromatic rings. The second kappa shape index (κ2) is 7.84. The van der Waals surface area contributed by atoms with E-state index in [0.717, 1.165) is 57.2 Å². The maximum Gasteiger partial charge on any atom is 0.264 e. The van der Waals surface area contributed by atoms with Crippen molar-refractivity contribution >= 4 is 21.1 Å². The van der Waals surface area contributed by atoms with Crippen LogP contribution in [0.2, 0.25) is 0 Å². The summed E-state index contributed by atoms with van der Waals surface area (Å²) >= 11 is 0. The van der Waals surface area contributed by atoms with Gasteiger partial charge in [-0.05, 0) is 43.9 Å². The number of rotatable bonds is 5. The van der Waals surface area contributed by atoms with Crippen molar-refractivity contribution in [1.29, 1.82) is 0 Å². The van der Waals surface area contributed by atoms with Gasteiger partial charge in [0, 0.05) is 18.8 Å². The summed E-state index contributed by atoms with van der Waals surface area (Å²) in [5, 5.41) is 0. The minimum Gasteiger partial charge on any atom is -0.412 e. The molecule has 6 nitrogen and oxygen atoms in total. The fourth-order valence-electron chi connectivity index (χ4n) is 2.86. The van der Waals surface area contributed by atoms with Crippen LogP contribution in [0.4, 0.5) is 0 Å². The fraction of sp³-hybridized carbons (Fsp3) is 1.00. The summed E-state index contributed by atoms with van der Waals surface area (Å²) in [6.45, 7) is 2.22. The zero-order valence-electron chi connectivity index (χ0n) is 11.9. The SMILES string of the molecule is CS(=O)(=O)OCC1CCC(CN2CCCS2=O)CC1.O. The molecule has 2 rings (SSSR count). The third-order valence-corrected chi connectivity index (χ3v) is 6.07. The van der Waals surface area contributed by atoms with Crippen LogP contribution in [0.15, 0.2) is 0 Å². The van der Waals surface area contributed by atoms with Crippen LogP contribution >= 0.6 is 0 Å². The Kier molecular flexibility index (Phi) is 7.07. The van der Waals surface area contributed by atoms with Crippen LogP contribution in [0.1, 0.15) is 32.1 Å². The highest BCUT2D eigenvalue weighted by Gasteiger charge is 2.27. The van der Waals surface area contributed by atoms with Gasteiger partial charge in [-0.15, -0.1) is 0 Å². The van der Waals surface area contributed by atoms with E-state index in [2.05, 4.69) is 4.31 Å². The van der Waals surface area contributed by atoms with Gasteiger partial charge in [-0.2, -0.15) is 8.42 Å². The molecule has 8 heteroatoms. The number of hydrogen-bond acceptors (Lipinski definition) is 4. The Bertz CT molecular complexity index is 418. The van der Waals surface area contributed by atoms with E-state index < -0.39 is 21.1 Å². The monoisotopic (exact) mass is 327 g/mol. The first-order valence-corrected chi connectivity index (χ1v) is 10.0. The van der Waals surface area contributed by atoms with Crippen LogP contribution in [0, 0.1) is 11.8 Å². The summed E-state index contributed by atoms with van der Waals surface area (Å²) in [5.41, 5.74) is 0. The van der Waals surface area contributed by atoms with E-state index in [-0.39, 0.29) is 5.48 Å². The summed E-state index contributed by atoms with van der Waals surface area (Å²) in [7, 11) is -4.07. The zero-order chi connectivity index (χ0) is 13.9. The second-order valence-electron chi connectivity index (χ2n) is 5.64. The smallest absolute Gasteiger partial charge is 0.264 e. The highest BCUT2D eigenvalue weighted by Crippen LogP contribution is 2.30. The summed E-state index contributed by atoms with van der Waals surface area (Å²) in [5.74, 6) is 1.78. The predicted molar refractivity (Wildman–Crippen MR) is 79.1 cm³/mol. The maximum absolute atomic E-state index is 11.7. The number of hydrogen-bond donors (Lipinski definition) is 0. The van der Waals surface area contributed by atoms with Gasteiger partial charge < -0.3 is 5.48 Å². The van der Waals surface area contributed by atoms with Crippen molar-refractivity contribution in [3.63, 3.8) is 0 Å². The van der Waals surface area contributed by atoms with E-state index >= 15 is 0 Å². The van der Waals surface area contributed by atoms with Gasteiger partial charge in [0.05, 0.1) is 23.8 Å². The summed E-state index contributed by atoms with van der Waals surface area (Å²) in [6.07, 6.45) is 6.35. The lowest BCUT2D eigenvalue weighted by Gasteiger charge is -2.30. The molecule has 0 radical (unpaired) electrons. The summed E-state index contributed by atoms with van der Waals surface area (Å²) < 4.78 is 40.5. The lowest BCUT2D eigenvalue weighted by molar-refractivity contribution is 0.177. The molecule has 2 aliphatic rings. The Hall–Kier alpha value is -0.0200. The molecule has 120 valence electrons. The lowest BCUT2D eigenvalue weighted by Crippen LogP contribution is -2.31. The molecule has 2 N–H and O–H groups in total. The number of nitrogens with zero attached hydrogens (tertiary/aromatic N) is 1. The molecule has 1 saturated heterocycles. The van der Waals surface area contributed by atoms with Gasteiger partial charge in [0.15, 0.2) is 0 Å².